The fourth-order valence-electron chi connectivity index (χ4n) is 3.31. The Kier molecular flexibility index (Phi) is 5.83. The number of aryl methyl sites for hydroxylation is 1. The molecule has 0 aliphatic heterocycles. The monoisotopic (exact) mass is 452 g/mol. The predicted molar refractivity (Wildman–Crippen MR) is 125 cm³/mol. The minimum atomic E-state index is -0.452. The van der Waals surface area contributed by atoms with Crippen molar-refractivity contribution in [3.63, 3.8) is 0 Å². The smallest absolute Gasteiger partial charge is 0.332 e. The minimum Gasteiger partial charge on any atom is -0.497 e. The highest BCUT2D eigenvalue weighted by Crippen LogP contribution is 2.19. The molecule has 0 saturated carbocycles. The average Bonchev–Trinajstić information content (AvgIpc) is 3.16. The van der Waals surface area contributed by atoms with Crippen LogP contribution in [0.3, 0.4) is 0 Å². The van der Waals surface area contributed by atoms with Crippen molar-refractivity contribution in [3.8, 4) is 5.75 Å². The largest absolute Gasteiger partial charge is 0.497 e. The number of fused-ring (bicyclic) bond motifs is 1. The summed E-state index contributed by atoms with van der Waals surface area (Å²) in [7, 11) is 4.63. The van der Waals surface area contributed by atoms with Crippen molar-refractivity contribution in [1.82, 2.24) is 18.7 Å². The number of hydrazone groups is 1. The Hall–Kier alpha value is -3.85. The summed E-state index contributed by atoms with van der Waals surface area (Å²) in [5.74, 6) is 1.08. The zero-order valence-corrected chi connectivity index (χ0v) is 18.5. The molecule has 10 heteroatoms. The van der Waals surface area contributed by atoms with Gasteiger partial charge in [-0.05, 0) is 47.5 Å². The van der Waals surface area contributed by atoms with Gasteiger partial charge in [-0.3, -0.25) is 18.5 Å². The third kappa shape index (κ3) is 4.02. The van der Waals surface area contributed by atoms with Gasteiger partial charge in [0.1, 0.15) is 5.75 Å². The maximum atomic E-state index is 12.9. The third-order valence-corrected chi connectivity index (χ3v) is 5.35. The summed E-state index contributed by atoms with van der Waals surface area (Å²) in [6.07, 6.45) is 1.63. The van der Waals surface area contributed by atoms with Crippen molar-refractivity contribution < 1.29 is 4.74 Å². The number of ether oxygens (including phenoxy) is 1. The van der Waals surface area contributed by atoms with E-state index in [1.807, 2.05) is 36.4 Å². The van der Waals surface area contributed by atoms with Crippen molar-refractivity contribution in [1.29, 1.82) is 0 Å². The first-order chi connectivity index (χ1) is 15.4. The molecule has 0 unspecified atom stereocenters. The number of rotatable bonds is 6. The van der Waals surface area contributed by atoms with Crippen LogP contribution in [0.1, 0.15) is 11.1 Å². The molecule has 9 nitrogen and oxygen atoms in total. The van der Waals surface area contributed by atoms with Gasteiger partial charge in [-0.2, -0.15) is 10.1 Å². The first-order valence-corrected chi connectivity index (χ1v) is 10.1. The molecule has 2 aromatic carbocycles. The highest BCUT2D eigenvalue weighted by atomic mass is 35.5. The summed E-state index contributed by atoms with van der Waals surface area (Å²) in [4.78, 5) is 29.8. The van der Waals surface area contributed by atoms with E-state index in [0.717, 1.165) is 21.4 Å². The number of imidazole rings is 1. The van der Waals surface area contributed by atoms with Gasteiger partial charge < -0.3 is 4.74 Å². The van der Waals surface area contributed by atoms with Gasteiger partial charge in [-0.1, -0.05) is 23.7 Å². The number of nitrogens with one attached hydrogen (secondary N) is 1. The second kappa shape index (κ2) is 8.72. The summed E-state index contributed by atoms with van der Waals surface area (Å²) in [5.41, 5.74) is 4.35. The van der Waals surface area contributed by atoms with E-state index >= 15 is 0 Å². The molecule has 1 N–H and O–H groups in total. The van der Waals surface area contributed by atoms with Crippen molar-refractivity contribution in [2.75, 3.05) is 12.5 Å². The third-order valence-electron chi connectivity index (χ3n) is 5.10. The van der Waals surface area contributed by atoms with Crippen molar-refractivity contribution in [2.24, 2.45) is 19.2 Å². The molecule has 164 valence electrons. The Labute approximate surface area is 188 Å². The van der Waals surface area contributed by atoms with Crippen LogP contribution in [-0.4, -0.2) is 32.0 Å². The van der Waals surface area contributed by atoms with Crippen molar-refractivity contribution >= 4 is 34.9 Å². The van der Waals surface area contributed by atoms with Crippen LogP contribution in [0, 0.1) is 0 Å². The summed E-state index contributed by atoms with van der Waals surface area (Å²) in [6, 6.07) is 14.7. The number of hydrogen-bond donors (Lipinski definition) is 1. The van der Waals surface area contributed by atoms with E-state index in [-0.39, 0.29) is 5.65 Å². The second-order valence-electron chi connectivity index (χ2n) is 7.17. The van der Waals surface area contributed by atoms with Gasteiger partial charge in [0.05, 0.1) is 19.9 Å². The van der Waals surface area contributed by atoms with E-state index in [1.165, 1.54) is 11.6 Å². The van der Waals surface area contributed by atoms with Gasteiger partial charge in [0.25, 0.3) is 5.56 Å². The van der Waals surface area contributed by atoms with Crippen LogP contribution >= 0.6 is 11.6 Å². The Balaban J connectivity index is 1.77. The van der Waals surface area contributed by atoms with E-state index in [2.05, 4.69) is 15.5 Å². The lowest BCUT2D eigenvalue weighted by Gasteiger charge is -2.09. The Morgan fingerprint density at radius 2 is 1.75 bits per heavy atom. The topological polar surface area (TPSA) is 95.4 Å². The molecule has 0 bridgehead atoms. The molecule has 0 saturated heterocycles. The summed E-state index contributed by atoms with van der Waals surface area (Å²) < 4.78 is 9.26. The Bertz CT molecular complexity index is 1420. The number of methoxy groups -OCH3 is 1. The number of hydrogen-bond acceptors (Lipinski definition) is 6. The standard InChI is InChI=1S/C22H21ClN6O3/c1-27-19-18(20(30)28(2)22(27)31)29(13-15-4-8-16(23)9-5-15)21(25-19)26-24-12-14-6-10-17(32-3)11-7-14/h4-12H,13H2,1-3H3,(H,25,26)/b24-12-. The predicted octanol–water partition coefficient (Wildman–Crippen LogP) is 2.59. The maximum absolute atomic E-state index is 12.9. The highest BCUT2D eigenvalue weighted by Gasteiger charge is 2.19. The number of halogens is 1. The van der Waals surface area contributed by atoms with Crippen LogP contribution in [0.4, 0.5) is 5.95 Å². The average molecular weight is 453 g/mol. The fraction of sp³-hybridized carbons (Fsp3) is 0.182. The molecule has 0 amide bonds. The van der Waals surface area contributed by atoms with Crippen LogP contribution in [0.15, 0.2) is 63.2 Å². The minimum absolute atomic E-state index is 0.272. The molecule has 0 fully saturated rings. The highest BCUT2D eigenvalue weighted by molar-refractivity contribution is 6.30. The summed E-state index contributed by atoms with van der Waals surface area (Å²) in [5, 5.41) is 4.88. The van der Waals surface area contributed by atoms with E-state index in [0.29, 0.717) is 23.0 Å². The lowest BCUT2D eigenvalue weighted by molar-refractivity contribution is 0.415. The van der Waals surface area contributed by atoms with E-state index in [9.17, 15) is 9.59 Å². The summed E-state index contributed by atoms with van der Waals surface area (Å²) >= 11 is 6.00. The number of aromatic nitrogens is 4. The van der Waals surface area contributed by atoms with E-state index in [4.69, 9.17) is 16.3 Å². The first kappa shape index (κ1) is 21.4. The molecular formula is C22H21ClN6O3. The van der Waals surface area contributed by atoms with Gasteiger partial charge in [0.2, 0.25) is 5.95 Å². The fourth-order valence-corrected chi connectivity index (χ4v) is 3.44. The van der Waals surface area contributed by atoms with Crippen LogP contribution in [0.5, 0.6) is 5.75 Å². The molecule has 4 aromatic rings. The van der Waals surface area contributed by atoms with Gasteiger partial charge in [-0.15, -0.1) is 0 Å². The molecule has 4 rings (SSSR count). The molecule has 0 aliphatic carbocycles. The normalized spacial score (nSPS) is 11.4. The van der Waals surface area contributed by atoms with Crippen LogP contribution in [0.2, 0.25) is 5.02 Å². The first-order valence-electron chi connectivity index (χ1n) is 9.73. The molecule has 2 aromatic heterocycles. The number of nitrogens with zero attached hydrogens (tertiary/aromatic N) is 5. The Morgan fingerprint density at radius 3 is 2.41 bits per heavy atom. The van der Waals surface area contributed by atoms with E-state index in [1.54, 1.807) is 37.1 Å². The lowest BCUT2D eigenvalue weighted by atomic mass is 10.2. The van der Waals surface area contributed by atoms with E-state index < -0.39 is 11.2 Å². The number of benzene rings is 2. The van der Waals surface area contributed by atoms with Crippen LogP contribution < -0.4 is 21.4 Å². The van der Waals surface area contributed by atoms with Crippen LogP contribution in [-0.2, 0) is 20.6 Å². The lowest BCUT2D eigenvalue weighted by Crippen LogP contribution is -2.37. The SMILES string of the molecule is COc1ccc(/C=N\Nc2nc3c(c(=O)n(C)c(=O)n3C)n2Cc2ccc(Cl)cc2)cc1. The Morgan fingerprint density at radius 1 is 1.06 bits per heavy atom. The molecular weight excluding hydrogens is 432 g/mol. The van der Waals surface area contributed by atoms with Gasteiger partial charge in [-0.25, -0.2) is 10.2 Å². The molecule has 0 radical (unpaired) electrons. The zero-order chi connectivity index (χ0) is 22.8. The zero-order valence-electron chi connectivity index (χ0n) is 17.7. The van der Waals surface area contributed by atoms with Crippen molar-refractivity contribution in [2.45, 2.75) is 6.54 Å². The molecule has 32 heavy (non-hydrogen) atoms. The summed E-state index contributed by atoms with van der Waals surface area (Å²) in [6.45, 7) is 0.335. The van der Waals surface area contributed by atoms with Crippen LogP contribution in [0.25, 0.3) is 11.2 Å². The number of anilines is 1. The second-order valence-corrected chi connectivity index (χ2v) is 7.61. The molecule has 0 aliphatic rings. The molecule has 2 heterocycles. The van der Waals surface area contributed by atoms with Gasteiger partial charge in [0, 0.05) is 19.1 Å². The van der Waals surface area contributed by atoms with Gasteiger partial charge >= 0.3 is 5.69 Å². The molecule has 0 spiro atoms. The maximum Gasteiger partial charge on any atom is 0.332 e. The quantitative estimate of drug-likeness (QED) is 0.358. The van der Waals surface area contributed by atoms with Gasteiger partial charge in [0.15, 0.2) is 11.2 Å². The van der Waals surface area contributed by atoms with Crippen molar-refractivity contribution in [3.05, 3.63) is 85.5 Å². The molecule has 0 atom stereocenters.